The fourth-order valence-electron chi connectivity index (χ4n) is 4.02. The first kappa shape index (κ1) is 25.7. The number of nitrogens with zero attached hydrogens (tertiary/aromatic N) is 1. The zero-order chi connectivity index (χ0) is 24.6. The number of amides is 1. The maximum Gasteiger partial charge on any atom is 0.311 e. The van der Waals surface area contributed by atoms with Crippen molar-refractivity contribution in [2.75, 3.05) is 33.4 Å². The molecule has 1 unspecified atom stereocenters. The van der Waals surface area contributed by atoms with Gasteiger partial charge >= 0.3 is 5.97 Å². The van der Waals surface area contributed by atoms with Crippen LogP contribution in [0.3, 0.4) is 0 Å². The van der Waals surface area contributed by atoms with Gasteiger partial charge in [0.25, 0.3) is 0 Å². The molecule has 0 spiro atoms. The topological polar surface area (TPSA) is 102 Å². The lowest BCUT2D eigenvalue weighted by Gasteiger charge is -2.30. The molecule has 0 aliphatic carbocycles. The molecule has 2 aromatic carbocycles. The van der Waals surface area contributed by atoms with E-state index in [0.717, 1.165) is 5.56 Å². The minimum Gasteiger partial charge on any atom is -0.497 e. The number of sulfonamides is 1. The van der Waals surface area contributed by atoms with Gasteiger partial charge in [-0.3, -0.25) is 9.59 Å². The van der Waals surface area contributed by atoms with Crippen molar-refractivity contribution in [3.05, 3.63) is 60.2 Å². The molecular formula is C25H32N2O6S. The maximum atomic E-state index is 12.9. The molecule has 1 aliphatic rings. The van der Waals surface area contributed by atoms with Crippen LogP contribution in [0.25, 0.3) is 0 Å². The van der Waals surface area contributed by atoms with E-state index in [9.17, 15) is 18.0 Å². The minimum atomic E-state index is -3.63. The highest BCUT2D eigenvalue weighted by molar-refractivity contribution is 7.89. The second-order valence-electron chi connectivity index (χ2n) is 8.24. The molecule has 0 radical (unpaired) electrons. The van der Waals surface area contributed by atoms with Crippen molar-refractivity contribution in [1.29, 1.82) is 0 Å². The lowest BCUT2D eigenvalue weighted by Crippen LogP contribution is -2.44. The Morgan fingerprint density at radius 1 is 1.06 bits per heavy atom. The van der Waals surface area contributed by atoms with E-state index in [4.69, 9.17) is 9.47 Å². The maximum absolute atomic E-state index is 12.9. The first-order valence-corrected chi connectivity index (χ1v) is 12.9. The third-order valence-electron chi connectivity index (χ3n) is 5.99. The summed E-state index contributed by atoms with van der Waals surface area (Å²) in [5.41, 5.74) is 0.992. The summed E-state index contributed by atoms with van der Waals surface area (Å²) in [6.07, 6.45) is 1.31. The lowest BCUT2D eigenvalue weighted by atomic mass is 9.96. The van der Waals surface area contributed by atoms with Gasteiger partial charge in [0.05, 0.1) is 24.5 Å². The number of ether oxygens (including phenoxy) is 2. The number of methoxy groups -OCH3 is 1. The summed E-state index contributed by atoms with van der Waals surface area (Å²) in [5.74, 6) is -0.706. The van der Waals surface area contributed by atoms with Gasteiger partial charge < -0.3 is 14.8 Å². The number of nitrogens with one attached hydrogen (secondary N) is 1. The standard InChI is InChI=1S/C25H32N2O6S/c1-3-33-25(29)21(17-19-7-5-4-6-8-19)18-26-24(28)20-13-15-27(16-14-20)34(30,31)23-11-9-22(32-2)10-12-23/h4-12,20-21H,3,13-18H2,1-2H3,(H,26,28). The van der Waals surface area contributed by atoms with Gasteiger partial charge in [0, 0.05) is 25.6 Å². The van der Waals surface area contributed by atoms with Crippen LogP contribution >= 0.6 is 0 Å². The van der Waals surface area contributed by atoms with Crippen LogP contribution in [0.4, 0.5) is 0 Å². The number of hydrogen-bond donors (Lipinski definition) is 1. The summed E-state index contributed by atoms with van der Waals surface area (Å²) in [7, 11) is -2.11. The van der Waals surface area contributed by atoms with Crippen LogP contribution in [-0.4, -0.2) is 58.0 Å². The van der Waals surface area contributed by atoms with E-state index in [1.54, 1.807) is 19.1 Å². The molecule has 8 nitrogen and oxygen atoms in total. The van der Waals surface area contributed by atoms with Gasteiger partial charge in [-0.2, -0.15) is 4.31 Å². The normalized spacial score (nSPS) is 15.9. The van der Waals surface area contributed by atoms with E-state index in [-0.39, 0.29) is 48.9 Å². The van der Waals surface area contributed by atoms with Crippen molar-refractivity contribution >= 4 is 21.9 Å². The predicted octanol–water partition coefficient (Wildman–Crippen LogP) is 2.63. The highest BCUT2D eigenvalue weighted by atomic mass is 32.2. The molecule has 0 bridgehead atoms. The monoisotopic (exact) mass is 488 g/mol. The molecule has 1 atom stereocenters. The van der Waals surface area contributed by atoms with Gasteiger partial charge in [-0.05, 0) is 56.0 Å². The van der Waals surface area contributed by atoms with E-state index in [2.05, 4.69) is 5.32 Å². The first-order chi connectivity index (χ1) is 16.3. The molecule has 9 heteroatoms. The number of piperidine rings is 1. The number of carbonyl (C=O) groups excluding carboxylic acids is 2. The molecule has 1 fully saturated rings. The van der Waals surface area contributed by atoms with Crippen LogP contribution in [0.15, 0.2) is 59.5 Å². The second kappa shape index (κ2) is 12.0. The zero-order valence-electron chi connectivity index (χ0n) is 19.6. The van der Waals surface area contributed by atoms with Gasteiger partial charge in [-0.25, -0.2) is 8.42 Å². The summed E-state index contributed by atoms with van der Waals surface area (Å²) in [4.78, 5) is 25.4. The van der Waals surface area contributed by atoms with Gasteiger partial charge in [-0.15, -0.1) is 0 Å². The van der Waals surface area contributed by atoms with Gasteiger partial charge in [-0.1, -0.05) is 30.3 Å². The number of benzene rings is 2. The van der Waals surface area contributed by atoms with Gasteiger partial charge in [0.15, 0.2) is 0 Å². The first-order valence-electron chi connectivity index (χ1n) is 11.5. The van der Waals surface area contributed by atoms with E-state index in [1.165, 1.54) is 23.5 Å². The van der Waals surface area contributed by atoms with E-state index in [1.807, 2.05) is 30.3 Å². The highest BCUT2D eigenvalue weighted by Crippen LogP contribution is 2.25. The Morgan fingerprint density at radius 2 is 1.71 bits per heavy atom. The lowest BCUT2D eigenvalue weighted by molar-refractivity contribution is -0.148. The van der Waals surface area contributed by atoms with Gasteiger partial charge in [0.1, 0.15) is 5.75 Å². The van der Waals surface area contributed by atoms with Gasteiger partial charge in [0.2, 0.25) is 15.9 Å². The van der Waals surface area contributed by atoms with Crippen molar-refractivity contribution in [2.45, 2.75) is 31.1 Å². The van der Waals surface area contributed by atoms with Crippen LogP contribution in [-0.2, 0) is 30.8 Å². The average molecular weight is 489 g/mol. The molecule has 3 rings (SSSR count). The molecule has 1 amide bonds. The van der Waals surface area contributed by atoms with Crippen LogP contribution < -0.4 is 10.1 Å². The second-order valence-corrected chi connectivity index (χ2v) is 10.2. The Bertz CT molecular complexity index is 1050. The average Bonchev–Trinajstić information content (AvgIpc) is 2.87. The molecule has 1 heterocycles. The molecule has 1 N–H and O–H groups in total. The molecule has 34 heavy (non-hydrogen) atoms. The minimum absolute atomic E-state index is 0.163. The highest BCUT2D eigenvalue weighted by Gasteiger charge is 2.32. The Labute approximate surface area is 201 Å². The number of esters is 1. The van der Waals surface area contributed by atoms with Crippen LogP contribution in [0.2, 0.25) is 0 Å². The molecule has 0 saturated carbocycles. The molecule has 1 aliphatic heterocycles. The van der Waals surface area contributed by atoms with Crippen LogP contribution in [0.5, 0.6) is 5.75 Å². The van der Waals surface area contributed by atoms with E-state index < -0.39 is 15.9 Å². The summed E-state index contributed by atoms with van der Waals surface area (Å²) >= 11 is 0. The van der Waals surface area contributed by atoms with E-state index >= 15 is 0 Å². The summed E-state index contributed by atoms with van der Waals surface area (Å²) in [6.45, 7) is 2.73. The Balaban J connectivity index is 1.55. The third-order valence-corrected chi connectivity index (χ3v) is 7.90. The Hall–Kier alpha value is -2.91. The fraction of sp³-hybridized carbons (Fsp3) is 0.440. The third kappa shape index (κ3) is 6.57. The summed E-state index contributed by atoms with van der Waals surface area (Å²) < 4.78 is 37.5. The SMILES string of the molecule is CCOC(=O)C(CNC(=O)C1CCN(S(=O)(=O)c2ccc(OC)cc2)CC1)Cc1ccccc1. The summed E-state index contributed by atoms with van der Waals surface area (Å²) in [5, 5.41) is 2.89. The molecule has 184 valence electrons. The fourth-order valence-corrected chi connectivity index (χ4v) is 5.49. The molecular weight excluding hydrogens is 456 g/mol. The molecule has 0 aromatic heterocycles. The van der Waals surface area contributed by atoms with Crippen LogP contribution in [0.1, 0.15) is 25.3 Å². The Morgan fingerprint density at radius 3 is 2.29 bits per heavy atom. The quantitative estimate of drug-likeness (QED) is 0.516. The van der Waals surface area contributed by atoms with Crippen molar-refractivity contribution in [1.82, 2.24) is 9.62 Å². The van der Waals surface area contributed by atoms with E-state index in [0.29, 0.717) is 25.0 Å². The molecule has 1 saturated heterocycles. The van der Waals surface area contributed by atoms with Crippen molar-refractivity contribution < 1.29 is 27.5 Å². The zero-order valence-corrected chi connectivity index (χ0v) is 20.4. The van der Waals surface area contributed by atoms with Crippen molar-refractivity contribution in [3.8, 4) is 5.75 Å². The predicted molar refractivity (Wildman–Crippen MR) is 128 cm³/mol. The van der Waals surface area contributed by atoms with Crippen molar-refractivity contribution in [3.63, 3.8) is 0 Å². The van der Waals surface area contributed by atoms with Crippen LogP contribution in [0, 0.1) is 11.8 Å². The smallest absolute Gasteiger partial charge is 0.311 e. The Kier molecular flexibility index (Phi) is 9.06. The molecule has 2 aromatic rings. The number of carbonyl (C=O) groups is 2. The van der Waals surface area contributed by atoms with Crippen molar-refractivity contribution in [2.24, 2.45) is 11.8 Å². The number of rotatable bonds is 10. The summed E-state index contributed by atoms with van der Waals surface area (Å²) in [6, 6.07) is 15.9. The number of hydrogen-bond acceptors (Lipinski definition) is 6. The largest absolute Gasteiger partial charge is 0.497 e.